The fourth-order valence-electron chi connectivity index (χ4n) is 2.94. The summed E-state index contributed by atoms with van der Waals surface area (Å²) in [5.41, 5.74) is 8.15. The highest BCUT2D eigenvalue weighted by molar-refractivity contribution is 5.93. The van der Waals surface area contributed by atoms with Crippen molar-refractivity contribution < 1.29 is 14.3 Å². The molecule has 0 spiro atoms. The standard InChI is InChI=1S/C18H17N3O3/c1-3-23-18(22)15-10(2)24-17(20)13(9-19)16(15)12-4-5-14-11(8-12)6-7-21-14/h4-8,16,21H,3,20H2,1-2H3. The minimum Gasteiger partial charge on any atom is -0.463 e. The Kier molecular flexibility index (Phi) is 4.00. The monoisotopic (exact) mass is 323 g/mol. The Bertz CT molecular complexity index is 915. The quantitative estimate of drug-likeness (QED) is 0.846. The van der Waals surface area contributed by atoms with Gasteiger partial charge in [0.25, 0.3) is 0 Å². The molecule has 2 heterocycles. The summed E-state index contributed by atoms with van der Waals surface area (Å²) in [5, 5.41) is 10.5. The number of carbonyl (C=O) groups excluding carboxylic acids is 1. The first-order chi connectivity index (χ1) is 11.6. The lowest BCUT2D eigenvalue weighted by atomic mass is 9.83. The van der Waals surface area contributed by atoms with Crippen LogP contribution < -0.4 is 5.73 Å². The predicted molar refractivity (Wildman–Crippen MR) is 88.3 cm³/mol. The summed E-state index contributed by atoms with van der Waals surface area (Å²) in [6.07, 6.45) is 1.83. The molecule has 3 rings (SSSR count). The van der Waals surface area contributed by atoms with E-state index in [-0.39, 0.29) is 18.1 Å². The number of rotatable bonds is 3. The first-order valence-corrected chi connectivity index (χ1v) is 7.59. The van der Waals surface area contributed by atoms with E-state index in [4.69, 9.17) is 15.2 Å². The van der Waals surface area contributed by atoms with Crippen LogP contribution in [0.3, 0.4) is 0 Å². The van der Waals surface area contributed by atoms with Gasteiger partial charge in [-0.1, -0.05) is 6.07 Å². The van der Waals surface area contributed by atoms with Gasteiger partial charge in [-0.15, -0.1) is 0 Å². The second kappa shape index (κ2) is 6.13. The Morgan fingerprint density at radius 2 is 2.25 bits per heavy atom. The van der Waals surface area contributed by atoms with Gasteiger partial charge in [0, 0.05) is 11.7 Å². The summed E-state index contributed by atoms with van der Waals surface area (Å²) < 4.78 is 10.5. The maximum Gasteiger partial charge on any atom is 0.338 e. The van der Waals surface area contributed by atoms with Crippen LogP contribution in [0.2, 0.25) is 0 Å². The number of carbonyl (C=O) groups is 1. The van der Waals surface area contributed by atoms with Crippen molar-refractivity contribution in [3.8, 4) is 6.07 Å². The third-order valence-corrected chi connectivity index (χ3v) is 4.01. The summed E-state index contributed by atoms with van der Waals surface area (Å²) in [7, 11) is 0. The molecule has 6 nitrogen and oxygen atoms in total. The van der Waals surface area contributed by atoms with Crippen molar-refractivity contribution in [2.45, 2.75) is 19.8 Å². The molecule has 0 saturated heterocycles. The minimum absolute atomic E-state index is 0.0159. The summed E-state index contributed by atoms with van der Waals surface area (Å²) in [6.45, 7) is 3.61. The lowest BCUT2D eigenvalue weighted by Crippen LogP contribution is -2.25. The second-order valence-corrected chi connectivity index (χ2v) is 5.44. The number of nitrogens with two attached hydrogens (primary N) is 1. The molecule has 0 aliphatic carbocycles. The van der Waals surface area contributed by atoms with E-state index in [1.165, 1.54) is 0 Å². The molecule has 1 atom stereocenters. The van der Waals surface area contributed by atoms with Crippen molar-refractivity contribution in [2.24, 2.45) is 5.73 Å². The van der Waals surface area contributed by atoms with Crippen LogP contribution in [0.4, 0.5) is 0 Å². The van der Waals surface area contributed by atoms with E-state index in [2.05, 4.69) is 11.1 Å². The number of fused-ring (bicyclic) bond motifs is 1. The maximum atomic E-state index is 12.4. The largest absolute Gasteiger partial charge is 0.463 e. The number of ether oxygens (including phenoxy) is 2. The number of hydrogen-bond acceptors (Lipinski definition) is 5. The van der Waals surface area contributed by atoms with Crippen molar-refractivity contribution in [2.75, 3.05) is 6.61 Å². The molecular formula is C18H17N3O3. The van der Waals surface area contributed by atoms with Gasteiger partial charge in [-0.25, -0.2) is 4.79 Å². The molecule has 6 heteroatoms. The van der Waals surface area contributed by atoms with E-state index in [0.29, 0.717) is 11.3 Å². The molecule has 0 saturated carbocycles. The van der Waals surface area contributed by atoms with Gasteiger partial charge in [0.05, 0.1) is 18.1 Å². The first-order valence-electron chi connectivity index (χ1n) is 7.59. The number of H-pyrrole nitrogens is 1. The Labute approximate surface area is 139 Å². The third kappa shape index (κ3) is 2.50. The number of nitrogens with one attached hydrogen (secondary N) is 1. The normalized spacial score (nSPS) is 17.6. The molecule has 2 aromatic rings. The molecule has 1 unspecified atom stereocenters. The molecule has 1 aliphatic rings. The number of nitrogens with zero attached hydrogens (tertiary/aromatic N) is 1. The lowest BCUT2D eigenvalue weighted by Gasteiger charge is -2.26. The highest BCUT2D eigenvalue weighted by Gasteiger charge is 2.36. The van der Waals surface area contributed by atoms with Gasteiger partial charge < -0.3 is 20.2 Å². The van der Waals surface area contributed by atoms with E-state index in [1.54, 1.807) is 13.8 Å². The third-order valence-electron chi connectivity index (χ3n) is 4.01. The topological polar surface area (TPSA) is 101 Å². The zero-order valence-corrected chi connectivity index (χ0v) is 13.4. The molecule has 24 heavy (non-hydrogen) atoms. The van der Waals surface area contributed by atoms with Crippen LogP contribution in [-0.4, -0.2) is 17.6 Å². The van der Waals surface area contributed by atoms with Gasteiger partial charge in [0.15, 0.2) is 0 Å². The Morgan fingerprint density at radius 3 is 2.96 bits per heavy atom. The molecule has 0 fully saturated rings. The van der Waals surface area contributed by atoms with E-state index < -0.39 is 11.9 Å². The number of allylic oxidation sites excluding steroid dienone is 2. The van der Waals surface area contributed by atoms with Crippen LogP contribution >= 0.6 is 0 Å². The molecule has 1 aromatic carbocycles. The summed E-state index contributed by atoms with van der Waals surface area (Å²) in [4.78, 5) is 15.6. The second-order valence-electron chi connectivity index (χ2n) is 5.44. The average molecular weight is 323 g/mol. The van der Waals surface area contributed by atoms with Gasteiger partial charge in [-0.05, 0) is 43.0 Å². The van der Waals surface area contributed by atoms with E-state index >= 15 is 0 Å². The van der Waals surface area contributed by atoms with Crippen LogP contribution in [0.15, 0.2) is 53.3 Å². The molecule has 0 bridgehead atoms. The van der Waals surface area contributed by atoms with Crippen molar-refractivity contribution in [3.63, 3.8) is 0 Å². The number of hydrogen-bond donors (Lipinski definition) is 2. The van der Waals surface area contributed by atoms with Gasteiger partial charge in [-0.3, -0.25) is 0 Å². The fourth-order valence-corrected chi connectivity index (χ4v) is 2.94. The SMILES string of the molecule is CCOC(=O)C1=C(C)OC(N)=C(C#N)C1c1ccc2[nH]ccc2c1. The molecule has 0 radical (unpaired) electrons. The van der Waals surface area contributed by atoms with Crippen molar-refractivity contribution in [1.29, 1.82) is 5.26 Å². The number of esters is 1. The predicted octanol–water partition coefficient (Wildman–Crippen LogP) is 2.81. The van der Waals surface area contributed by atoms with Gasteiger partial charge >= 0.3 is 5.97 Å². The van der Waals surface area contributed by atoms with Crippen molar-refractivity contribution >= 4 is 16.9 Å². The van der Waals surface area contributed by atoms with Gasteiger partial charge in [0.1, 0.15) is 17.4 Å². The molecule has 3 N–H and O–H groups in total. The maximum absolute atomic E-state index is 12.4. The fraction of sp³-hybridized carbons (Fsp3) is 0.222. The zero-order valence-electron chi connectivity index (χ0n) is 13.4. The van der Waals surface area contributed by atoms with Crippen LogP contribution in [0.1, 0.15) is 25.3 Å². The van der Waals surface area contributed by atoms with Crippen molar-refractivity contribution in [1.82, 2.24) is 4.98 Å². The van der Waals surface area contributed by atoms with E-state index in [0.717, 1.165) is 16.5 Å². The summed E-state index contributed by atoms with van der Waals surface area (Å²) >= 11 is 0. The number of benzene rings is 1. The lowest BCUT2D eigenvalue weighted by molar-refractivity contribution is -0.139. The van der Waals surface area contributed by atoms with Crippen LogP contribution in [0, 0.1) is 11.3 Å². The Morgan fingerprint density at radius 1 is 1.46 bits per heavy atom. The molecule has 1 aliphatic heterocycles. The van der Waals surface area contributed by atoms with Crippen molar-refractivity contribution in [3.05, 3.63) is 58.8 Å². The molecule has 1 aromatic heterocycles. The number of nitriles is 1. The van der Waals surface area contributed by atoms with Crippen LogP contribution in [0.5, 0.6) is 0 Å². The molecule has 122 valence electrons. The Balaban J connectivity index is 2.18. The first kappa shape index (κ1) is 15.7. The molecular weight excluding hydrogens is 306 g/mol. The van der Waals surface area contributed by atoms with E-state index in [1.807, 2.05) is 30.5 Å². The minimum atomic E-state index is -0.609. The summed E-state index contributed by atoms with van der Waals surface area (Å²) in [6, 6.07) is 9.70. The highest BCUT2D eigenvalue weighted by Crippen LogP contribution is 2.40. The van der Waals surface area contributed by atoms with Gasteiger partial charge in [-0.2, -0.15) is 5.26 Å². The molecule has 0 amide bonds. The number of aromatic amines is 1. The average Bonchev–Trinajstić information content (AvgIpc) is 3.01. The highest BCUT2D eigenvalue weighted by atomic mass is 16.5. The van der Waals surface area contributed by atoms with Gasteiger partial charge in [0.2, 0.25) is 5.88 Å². The van der Waals surface area contributed by atoms with Crippen LogP contribution in [-0.2, 0) is 14.3 Å². The number of aromatic nitrogens is 1. The Hall–Kier alpha value is -3.20. The summed E-state index contributed by atoms with van der Waals surface area (Å²) in [5.74, 6) is -0.747. The van der Waals surface area contributed by atoms with E-state index in [9.17, 15) is 10.1 Å². The van der Waals surface area contributed by atoms with Crippen LogP contribution in [0.25, 0.3) is 10.9 Å². The smallest absolute Gasteiger partial charge is 0.338 e. The zero-order chi connectivity index (χ0) is 17.3.